The van der Waals surface area contributed by atoms with Crippen molar-refractivity contribution >= 4 is 17.5 Å². The first-order valence-electron chi connectivity index (χ1n) is 9.60. The largest absolute Gasteiger partial charge is 0.443 e. The fraction of sp³-hybridized carbons (Fsp3) is 0.381. The predicted octanol–water partition coefficient (Wildman–Crippen LogP) is 2.59. The Morgan fingerprint density at radius 1 is 1.00 bits per heavy atom. The summed E-state index contributed by atoms with van der Waals surface area (Å²) in [5.74, 6) is 0. The molecule has 0 aromatic heterocycles. The summed E-state index contributed by atoms with van der Waals surface area (Å²) in [5, 5.41) is 0. The van der Waals surface area contributed by atoms with E-state index in [0.717, 1.165) is 16.9 Å². The number of carbonyl (C=O) groups excluding carboxylic acids is 1. The van der Waals surface area contributed by atoms with Crippen LogP contribution < -0.4 is 15.5 Å². The van der Waals surface area contributed by atoms with Crippen molar-refractivity contribution < 1.29 is 13.9 Å². The van der Waals surface area contributed by atoms with E-state index in [1.165, 1.54) is 0 Å². The van der Waals surface area contributed by atoms with Gasteiger partial charge in [-0.1, -0.05) is 42.5 Å². The number of hydrogen-bond acceptors (Lipinski definition) is 5. The molecule has 0 bridgehead atoms. The lowest BCUT2D eigenvalue weighted by Gasteiger charge is -2.39. The number of halogens is 1. The normalized spacial score (nSPS) is 23.1. The van der Waals surface area contributed by atoms with Gasteiger partial charge in [-0.15, -0.1) is 0 Å². The second kappa shape index (κ2) is 8.16. The van der Waals surface area contributed by atoms with Crippen LogP contribution in [0.15, 0.2) is 54.6 Å². The fourth-order valence-electron chi connectivity index (χ4n) is 3.79. The Hall–Kier alpha value is -2.64. The van der Waals surface area contributed by atoms with Gasteiger partial charge in [0.2, 0.25) is 0 Å². The number of alkyl halides is 1. The lowest BCUT2D eigenvalue weighted by Crippen LogP contribution is -2.51. The highest BCUT2D eigenvalue weighted by atomic mass is 19.1. The van der Waals surface area contributed by atoms with Gasteiger partial charge in [0.1, 0.15) is 6.10 Å². The molecule has 2 atom stereocenters. The number of anilines is 2. The monoisotopic (exact) mass is 384 g/mol. The van der Waals surface area contributed by atoms with Crippen molar-refractivity contribution in [1.82, 2.24) is 4.90 Å². The Labute approximate surface area is 164 Å². The maximum absolute atomic E-state index is 14.9. The number of hydrogen-bond donors (Lipinski definition) is 1. The van der Waals surface area contributed by atoms with E-state index >= 15 is 0 Å². The molecule has 148 valence electrons. The molecule has 7 heteroatoms. The number of para-hydroxylation sites is 2. The summed E-state index contributed by atoms with van der Waals surface area (Å²) in [4.78, 5) is 17.7. The van der Waals surface area contributed by atoms with Crippen LogP contribution in [0.1, 0.15) is 5.56 Å². The standard InChI is InChI=1S/C21H25FN4O2/c22-20-15-24(10-11-25(20)13-16-6-2-1-3-7-16)18-8-4-5-9-19(18)26-14-17(12-23)28-21(26)27/h1-9,17,20H,10-15,23H2/t17?,20-/m1/s1. The van der Waals surface area contributed by atoms with E-state index < -0.39 is 12.4 Å². The van der Waals surface area contributed by atoms with E-state index in [0.29, 0.717) is 26.2 Å². The molecule has 4 rings (SSSR count). The zero-order chi connectivity index (χ0) is 19.5. The highest BCUT2D eigenvalue weighted by molar-refractivity contribution is 5.94. The van der Waals surface area contributed by atoms with Crippen molar-refractivity contribution in [3.63, 3.8) is 0 Å². The van der Waals surface area contributed by atoms with Crippen LogP contribution >= 0.6 is 0 Å². The first-order valence-corrected chi connectivity index (χ1v) is 9.60. The summed E-state index contributed by atoms with van der Waals surface area (Å²) >= 11 is 0. The highest BCUT2D eigenvalue weighted by Crippen LogP contribution is 2.33. The van der Waals surface area contributed by atoms with E-state index in [4.69, 9.17) is 10.5 Å². The van der Waals surface area contributed by atoms with Crippen molar-refractivity contribution in [2.24, 2.45) is 5.73 Å². The Kier molecular flexibility index (Phi) is 5.45. The maximum Gasteiger partial charge on any atom is 0.414 e. The molecule has 2 aliphatic rings. The number of nitrogens with zero attached hydrogens (tertiary/aromatic N) is 3. The first kappa shape index (κ1) is 18.7. The third-order valence-electron chi connectivity index (χ3n) is 5.30. The Balaban J connectivity index is 1.48. The van der Waals surface area contributed by atoms with Crippen LogP contribution in [0.4, 0.5) is 20.6 Å². The van der Waals surface area contributed by atoms with Crippen molar-refractivity contribution in [2.45, 2.75) is 18.9 Å². The van der Waals surface area contributed by atoms with Gasteiger partial charge in [-0.25, -0.2) is 9.18 Å². The molecule has 2 saturated heterocycles. The van der Waals surface area contributed by atoms with Crippen LogP contribution in [0, 0.1) is 0 Å². The molecule has 6 nitrogen and oxygen atoms in total. The zero-order valence-corrected chi connectivity index (χ0v) is 15.7. The smallest absolute Gasteiger partial charge is 0.414 e. The number of benzene rings is 2. The fourth-order valence-corrected chi connectivity index (χ4v) is 3.79. The van der Waals surface area contributed by atoms with E-state index in [2.05, 4.69) is 0 Å². The summed E-state index contributed by atoms with van der Waals surface area (Å²) < 4.78 is 20.2. The van der Waals surface area contributed by atoms with Crippen LogP contribution in [0.3, 0.4) is 0 Å². The number of piperazine rings is 1. The molecule has 0 radical (unpaired) electrons. The number of rotatable bonds is 5. The number of nitrogens with two attached hydrogens (primary N) is 1. The van der Waals surface area contributed by atoms with Gasteiger partial charge in [-0.2, -0.15) is 0 Å². The zero-order valence-electron chi connectivity index (χ0n) is 15.7. The third kappa shape index (κ3) is 3.81. The van der Waals surface area contributed by atoms with Gasteiger partial charge in [0.05, 0.1) is 24.5 Å². The molecule has 0 spiro atoms. The average molecular weight is 384 g/mol. The van der Waals surface area contributed by atoms with Crippen molar-refractivity contribution in [2.75, 3.05) is 42.5 Å². The molecular weight excluding hydrogens is 359 g/mol. The van der Waals surface area contributed by atoms with E-state index in [-0.39, 0.29) is 19.2 Å². The SMILES string of the molecule is NCC1CN(c2ccccc2N2CCN(Cc3ccccc3)[C@@H](F)C2)C(=O)O1. The van der Waals surface area contributed by atoms with Crippen LogP contribution in [0.2, 0.25) is 0 Å². The van der Waals surface area contributed by atoms with Gasteiger partial charge >= 0.3 is 6.09 Å². The second-order valence-corrected chi connectivity index (χ2v) is 7.18. The van der Waals surface area contributed by atoms with Gasteiger partial charge in [-0.05, 0) is 17.7 Å². The number of carbonyl (C=O) groups is 1. The topological polar surface area (TPSA) is 62.0 Å². The van der Waals surface area contributed by atoms with Crippen molar-refractivity contribution in [1.29, 1.82) is 0 Å². The molecule has 1 amide bonds. The van der Waals surface area contributed by atoms with Gasteiger partial charge in [0, 0.05) is 26.2 Å². The summed E-state index contributed by atoms with van der Waals surface area (Å²) in [6, 6.07) is 17.5. The summed E-state index contributed by atoms with van der Waals surface area (Å²) in [6.45, 7) is 2.85. The van der Waals surface area contributed by atoms with Gasteiger partial charge in [0.25, 0.3) is 0 Å². The second-order valence-electron chi connectivity index (χ2n) is 7.18. The van der Waals surface area contributed by atoms with Gasteiger partial charge < -0.3 is 15.4 Å². The van der Waals surface area contributed by atoms with Crippen molar-refractivity contribution in [3.05, 3.63) is 60.2 Å². The Morgan fingerprint density at radius 2 is 1.71 bits per heavy atom. The summed E-state index contributed by atoms with van der Waals surface area (Å²) in [6.07, 6.45) is -1.79. The number of amides is 1. The molecule has 2 fully saturated rings. The molecule has 2 aliphatic heterocycles. The minimum atomic E-state index is -1.08. The quantitative estimate of drug-likeness (QED) is 0.803. The Bertz CT molecular complexity index is 819. The van der Waals surface area contributed by atoms with Crippen LogP contribution in [-0.4, -0.2) is 56.1 Å². The molecule has 28 heavy (non-hydrogen) atoms. The predicted molar refractivity (Wildman–Crippen MR) is 107 cm³/mol. The van der Waals surface area contributed by atoms with Gasteiger partial charge in [0.15, 0.2) is 6.30 Å². The summed E-state index contributed by atoms with van der Waals surface area (Å²) in [5.41, 5.74) is 8.34. The summed E-state index contributed by atoms with van der Waals surface area (Å²) in [7, 11) is 0. The van der Waals surface area contributed by atoms with E-state index in [1.54, 1.807) is 4.90 Å². The third-order valence-corrected chi connectivity index (χ3v) is 5.30. The number of cyclic esters (lactones) is 1. The molecule has 1 unspecified atom stereocenters. The first-order chi connectivity index (χ1) is 13.7. The maximum atomic E-state index is 14.9. The molecular formula is C21H25FN4O2. The van der Waals surface area contributed by atoms with Crippen LogP contribution in [0.5, 0.6) is 0 Å². The van der Waals surface area contributed by atoms with Gasteiger partial charge in [-0.3, -0.25) is 9.80 Å². The van der Waals surface area contributed by atoms with E-state index in [1.807, 2.05) is 64.4 Å². The van der Waals surface area contributed by atoms with Crippen LogP contribution in [0.25, 0.3) is 0 Å². The van der Waals surface area contributed by atoms with E-state index in [9.17, 15) is 9.18 Å². The molecule has 2 aromatic rings. The lowest BCUT2D eigenvalue weighted by molar-refractivity contribution is 0.0635. The molecule has 0 saturated carbocycles. The van der Waals surface area contributed by atoms with Crippen molar-refractivity contribution in [3.8, 4) is 0 Å². The molecule has 0 aliphatic carbocycles. The average Bonchev–Trinajstić information content (AvgIpc) is 3.11. The Morgan fingerprint density at radius 3 is 2.39 bits per heavy atom. The number of ether oxygens (including phenoxy) is 1. The lowest BCUT2D eigenvalue weighted by atomic mass is 10.1. The molecule has 2 aromatic carbocycles. The molecule has 2 heterocycles. The minimum Gasteiger partial charge on any atom is -0.443 e. The highest BCUT2D eigenvalue weighted by Gasteiger charge is 2.35. The molecule has 2 N–H and O–H groups in total. The minimum absolute atomic E-state index is 0.257. The van der Waals surface area contributed by atoms with Crippen LogP contribution in [-0.2, 0) is 11.3 Å².